The number of carboxylic acids is 1. The molecule has 2 heterocycles. The summed E-state index contributed by atoms with van der Waals surface area (Å²) in [6.07, 6.45) is 3.60. The van der Waals surface area contributed by atoms with Crippen LogP contribution in [0, 0.1) is 6.92 Å². The van der Waals surface area contributed by atoms with E-state index in [1.165, 1.54) is 24.2 Å². The fourth-order valence-corrected chi connectivity index (χ4v) is 3.06. The molecule has 2 rings (SSSR count). The second-order valence-electron chi connectivity index (χ2n) is 4.12. The predicted octanol–water partition coefficient (Wildman–Crippen LogP) is 1.89. The zero-order valence-corrected chi connectivity index (χ0v) is 10.1. The topological polar surface area (TPSA) is 62.2 Å². The van der Waals surface area contributed by atoms with Crippen molar-refractivity contribution in [3.8, 4) is 0 Å². The molecule has 1 aliphatic rings. The average Bonchev–Trinajstić information content (AvgIpc) is 2.60. The number of piperidine rings is 1. The highest BCUT2D eigenvalue weighted by Crippen LogP contribution is 2.28. The summed E-state index contributed by atoms with van der Waals surface area (Å²) >= 11 is 1.50. The van der Waals surface area contributed by atoms with Crippen molar-refractivity contribution in [3.05, 3.63) is 15.6 Å². The summed E-state index contributed by atoms with van der Waals surface area (Å²) in [5, 5.41) is 12.9. The Morgan fingerprint density at radius 3 is 3.06 bits per heavy atom. The Bertz CT molecular complexity index is 383. The molecule has 5 heteroatoms. The third-order valence-corrected chi connectivity index (χ3v) is 3.81. The van der Waals surface area contributed by atoms with Gasteiger partial charge in [0.25, 0.3) is 0 Å². The molecule has 1 aromatic heterocycles. The van der Waals surface area contributed by atoms with Gasteiger partial charge in [-0.25, -0.2) is 4.98 Å². The zero-order valence-electron chi connectivity index (χ0n) is 9.32. The summed E-state index contributed by atoms with van der Waals surface area (Å²) in [6.45, 7) is 3.06. The number of aliphatic carboxylic acids is 1. The summed E-state index contributed by atoms with van der Waals surface area (Å²) in [6, 6.07) is 0.326. The molecule has 1 fully saturated rings. The molecule has 1 aromatic rings. The lowest BCUT2D eigenvalue weighted by Gasteiger charge is -2.22. The lowest BCUT2D eigenvalue weighted by atomic mass is 10.0. The van der Waals surface area contributed by atoms with Gasteiger partial charge in [-0.05, 0) is 26.3 Å². The van der Waals surface area contributed by atoms with Crippen LogP contribution in [-0.2, 0) is 11.2 Å². The van der Waals surface area contributed by atoms with E-state index >= 15 is 0 Å². The van der Waals surface area contributed by atoms with Crippen molar-refractivity contribution < 1.29 is 9.90 Å². The van der Waals surface area contributed by atoms with E-state index in [9.17, 15) is 4.79 Å². The lowest BCUT2D eigenvalue weighted by molar-refractivity contribution is -0.136. The summed E-state index contributed by atoms with van der Waals surface area (Å²) in [4.78, 5) is 16.2. The summed E-state index contributed by atoms with van der Waals surface area (Å²) in [5.74, 6) is -0.808. The van der Waals surface area contributed by atoms with E-state index < -0.39 is 5.97 Å². The van der Waals surface area contributed by atoms with Crippen molar-refractivity contribution in [2.75, 3.05) is 6.54 Å². The van der Waals surface area contributed by atoms with E-state index in [0.29, 0.717) is 11.0 Å². The van der Waals surface area contributed by atoms with Crippen LogP contribution < -0.4 is 5.32 Å². The molecule has 0 spiro atoms. The predicted molar refractivity (Wildman–Crippen MR) is 62.8 cm³/mol. The van der Waals surface area contributed by atoms with Crippen LogP contribution in [0.4, 0.5) is 0 Å². The second kappa shape index (κ2) is 4.93. The van der Waals surface area contributed by atoms with E-state index in [2.05, 4.69) is 10.3 Å². The van der Waals surface area contributed by atoms with Crippen molar-refractivity contribution in [2.45, 2.75) is 38.6 Å². The number of aryl methyl sites for hydroxylation is 1. The van der Waals surface area contributed by atoms with Crippen molar-refractivity contribution in [2.24, 2.45) is 0 Å². The fraction of sp³-hybridized carbons (Fsp3) is 0.636. The molecule has 0 radical (unpaired) electrons. The van der Waals surface area contributed by atoms with Gasteiger partial charge < -0.3 is 10.4 Å². The van der Waals surface area contributed by atoms with Gasteiger partial charge in [-0.15, -0.1) is 11.3 Å². The van der Waals surface area contributed by atoms with Gasteiger partial charge in [0, 0.05) is 4.88 Å². The van der Waals surface area contributed by atoms with Crippen LogP contribution in [0.2, 0.25) is 0 Å². The lowest BCUT2D eigenvalue weighted by Crippen LogP contribution is -2.27. The first-order valence-corrected chi connectivity index (χ1v) is 6.40. The average molecular weight is 240 g/mol. The Kier molecular flexibility index (Phi) is 3.56. The third kappa shape index (κ3) is 2.59. The minimum absolute atomic E-state index is 0.0399. The Balaban J connectivity index is 2.13. The van der Waals surface area contributed by atoms with Crippen LogP contribution in [0.5, 0.6) is 0 Å². The highest BCUT2D eigenvalue weighted by Gasteiger charge is 2.20. The normalized spacial score (nSPS) is 20.9. The molecule has 0 saturated carbocycles. The molecule has 0 amide bonds. The Labute approximate surface area is 98.7 Å². The number of carboxylic acid groups (broad SMARTS) is 1. The third-order valence-electron chi connectivity index (χ3n) is 2.82. The molecule has 4 nitrogen and oxygen atoms in total. The van der Waals surface area contributed by atoms with Crippen molar-refractivity contribution >= 4 is 17.3 Å². The first-order valence-electron chi connectivity index (χ1n) is 5.58. The van der Waals surface area contributed by atoms with Crippen LogP contribution in [-0.4, -0.2) is 22.6 Å². The van der Waals surface area contributed by atoms with Crippen LogP contribution >= 0.6 is 11.3 Å². The summed E-state index contributed by atoms with van der Waals surface area (Å²) < 4.78 is 0. The number of carbonyl (C=O) groups is 1. The van der Waals surface area contributed by atoms with Gasteiger partial charge in [0.15, 0.2) is 0 Å². The molecule has 1 aliphatic heterocycles. The number of thiazole rings is 1. The van der Waals surface area contributed by atoms with Crippen LogP contribution in [0.1, 0.15) is 40.9 Å². The van der Waals surface area contributed by atoms with E-state index in [0.717, 1.165) is 23.5 Å². The maximum Gasteiger partial charge on any atom is 0.310 e. The second-order valence-corrected chi connectivity index (χ2v) is 5.41. The first-order chi connectivity index (χ1) is 7.66. The Morgan fingerprint density at radius 1 is 1.62 bits per heavy atom. The molecule has 16 heavy (non-hydrogen) atoms. The molecule has 0 aliphatic carbocycles. The molecule has 2 N–H and O–H groups in total. The molecular formula is C11H16N2O2S. The van der Waals surface area contributed by atoms with Gasteiger partial charge in [0.2, 0.25) is 0 Å². The Morgan fingerprint density at radius 2 is 2.44 bits per heavy atom. The number of nitrogens with one attached hydrogen (secondary N) is 1. The van der Waals surface area contributed by atoms with E-state index in [1.54, 1.807) is 0 Å². The van der Waals surface area contributed by atoms with Crippen molar-refractivity contribution in [1.82, 2.24) is 10.3 Å². The summed E-state index contributed by atoms with van der Waals surface area (Å²) in [5.41, 5.74) is 1.06. The fourth-order valence-electron chi connectivity index (χ4n) is 2.08. The number of nitrogens with zero attached hydrogens (tertiary/aromatic N) is 1. The van der Waals surface area contributed by atoms with E-state index in [-0.39, 0.29) is 6.42 Å². The first kappa shape index (κ1) is 11.5. The maximum absolute atomic E-state index is 10.6. The van der Waals surface area contributed by atoms with E-state index in [1.807, 2.05) is 6.92 Å². The van der Waals surface area contributed by atoms with Gasteiger partial charge >= 0.3 is 5.97 Å². The molecule has 88 valence electrons. The van der Waals surface area contributed by atoms with Crippen molar-refractivity contribution in [1.29, 1.82) is 0 Å². The van der Waals surface area contributed by atoms with E-state index in [4.69, 9.17) is 5.11 Å². The molecule has 0 aromatic carbocycles. The van der Waals surface area contributed by atoms with Gasteiger partial charge in [-0.1, -0.05) is 6.42 Å². The SMILES string of the molecule is Cc1sc(CC(=O)O)nc1C1CCCCN1. The van der Waals surface area contributed by atoms with Gasteiger partial charge in [0.05, 0.1) is 18.2 Å². The molecule has 0 bridgehead atoms. The number of hydrogen-bond donors (Lipinski definition) is 2. The number of rotatable bonds is 3. The quantitative estimate of drug-likeness (QED) is 0.847. The number of hydrogen-bond acceptors (Lipinski definition) is 4. The molecule has 1 atom stereocenters. The standard InChI is InChI=1S/C11H16N2O2S/c1-7-11(8-4-2-3-5-12-8)13-9(16-7)6-10(14)15/h8,12H,2-6H2,1H3,(H,14,15). The largest absolute Gasteiger partial charge is 0.481 e. The molecular weight excluding hydrogens is 224 g/mol. The highest BCUT2D eigenvalue weighted by molar-refractivity contribution is 7.11. The maximum atomic E-state index is 10.6. The monoisotopic (exact) mass is 240 g/mol. The summed E-state index contributed by atoms with van der Waals surface area (Å²) in [7, 11) is 0. The van der Waals surface area contributed by atoms with Gasteiger partial charge in [0.1, 0.15) is 5.01 Å². The van der Waals surface area contributed by atoms with Crippen LogP contribution in [0.25, 0.3) is 0 Å². The smallest absolute Gasteiger partial charge is 0.310 e. The molecule has 1 saturated heterocycles. The van der Waals surface area contributed by atoms with Crippen LogP contribution in [0.3, 0.4) is 0 Å². The molecule has 1 unspecified atom stereocenters. The minimum Gasteiger partial charge on any atom is -0.481 e. The number of aromatic nitrogens is 1. The van der Waals surface area contributed by atoms with Crippen LogP contribution in [0.15, 0.2) is 0 Å². The zero-order chi connectivity index (χ0) is 11.5. The van der Waals surface area contributed by atoms with Gasteiger partial charge in [-0.2, -0.15) is 0 Å². The highest BCUT2D eigenvalue weighted by atomic mass is 32.1. The van der Waals surface area contributed by atoms with Gasteiger partial charge in [-0.3, -0.25) is 4.79 Å². The minimum atomic E-state index is -0.808. The Hall–Kier alpha value is -0.940. The van der Waals surface area contributed by atoms with Crippen molar-refractivity contribution in [3.63, 3.8) is 0 Å².